The Morgan fingerprint density at radius 1 is 0.382 bits per heavy atom. The molecule has 3 heterocycles. The highest BCUT2D eigenvalue weighted by atomic mass is 15.0. The molecule has 1 unspecified atom stereocenters. The van der Waals surface area contributed by atoms with E-state index >= 15 is 0 Å². The van der Waals surface area contributed by atoms with Gasteiger partial charge in [-0.1, -0.05) is 214 Å². The van der Waals surface area contributed by atoms with Crippen LogP contribution in [0.25, 0.3) is 106 Å². The Kier molecular flexibility index (Phi) is 11.0. The first-order valence-corrected chi connectivity index (χ1v) is 26.3. The topological polar surface area (TPSA) is 43.6 Å². The number of hydrogen-bond donors (Lipinski definition) is 0. The van der Waals surface area contributed by atoms with E-state index in [1.165, 1.54) is 94.2 Å². The SMILES string of the molecule is CC1(C)c2cc(-c3nc(-c4ccccc4)nc(-c4ccccc4)n3)ccc2-n2c3ccc(C4=CC(c5ccccc5)CC(c5ccccc5)=C4)cc3c3cc(-c4cc(-c5ccccc5)cc(-c5ccccc5)c4)cc1c32. The quantitative estimate of drug-likeness (QED) is 0.145. The summed E-state index contributed by atoms with van der Waals surface area (Å²) < 4.78 is 2.53. The van der Waals surface area contributed by atoms with Crippen LogP contribution in [0.1, 0.15) is 54.0 Å². The molecule has 76 heavy (non-hydrogen) atoms. The Morgan fingerprint density at radius 2 is 0.829 bits per heavy atom. The van der Waals surface area contributed by atoms with E-state index in [0.717, 1.165) is 28.8 Å². The number of benzene rings is 10. The van der Waals surface area contributed by atoms with E-state index in [0.29, 0.717) is 17.5 Å². The average Bonchev–Trinajstić information content (AvgIpc) is 3.92. The van der Waals surface area contributed by atoms with Crippen molar-refractivity contribution in [1.82, 2.24) is 19.5 Å². The second-order valence-corrected chi connectivity index (χ2v) is 20.8. The molecular weight excluding hydrogens is 921 g/mol. The molecule has 14 rings (SSSR count). The first-order chi connectivity index (χ1) is 37.4. The highest BCUT2D eigenvalue weighted by molar-refractivity contribution is 6.14. The Morgan fingerprint density at radius 3 is 1.39 bits per heavy atom. The van der Waals surface area contributed by atoms with Gasteiger partial charge < -0.3 is 4.57 Å². The van der Waals surface area contributed by atoms with Gasteiger partial charge in [-0.2, -0.15) is 0 Å². The predicted octanol–water partition coefficient (Wildman–Crippen LogP) is 18.3. The van der Waals surface area contributed by atoms with Gasteiger partial charge in [0.1, 0.15) is 0 Å². The summed E-state index contributed by atoms with van der Waals surface area (Å²) in [5, 5.41) is 2.46. The second-order valence-electron chi connectivity index (χ2n) is 20.8. The highest BCUT2D eigenvalue weighted by Gasteiger charge is 2.37. The minimum Gasteiger partial charge on any atom is -0.309 e. The zero-order chi connectivity index (χ0) is 50.7. The summed E-state index contributed by atoms with van der Waals surface area (Å²) >= 11 is 0. The van der Waals surface area contributed by atoms with Crippen molar-refractivity contribution in [3.8, 4) is 73.2 Å². The van der Waals surface area contributed by atoms with Crippen LogP contribution in [0.15, 0.2) is 261 Å². The molecule has 10 aromatic carbocycles. The van der Waals surface area contributed by atoms with Crippen molar-refractivity contribution in [2.24, 2.45) is 0 Å². The number of hydrogen-bond acceptors (Lipinski definition) is 3. The molecule has 0 saturated heterocycles. The van der Waals surface area contributed by atoms with Crippen LogP contribution in [0, 0.1) is 0 Å². The van der Waals surface area contributed by atoms with E-state index in [1.807, 2.05) is 36.4 Å². The van der Waals surface area contributed by atoms with E-state index in [2.05, 4.69) is 243 Å². The van der Waals surface area contributed by atoms with Crippen molar-refractivity contribution in [3.63, 3.8) is 0 Å². The van der Waals surface area contributed by atoms with E-state index in [-0.39, 0.29) is 5.92 Å². The third kappa shape index (κ3) is 7.98. The van der Waals surface area contributed by atoms with E-state index in [9.17, 15) is 0 Å². The Labute approximate surface area is 443 Å². The molecule has 360 valence electrons. The van der Waals surface area contributed by atoms with Gasteiger partial charge in [-0.25, -0.2) is 15.0 Å². The zero-order valence-electron chi connectivity index (χ0n) is 42.4. The lowest BCUT2D eigenvalue weighted by Crippen LogP contribution is -2.26. The van der Waals surface area contributed by atoms with E-state index in [4.69, 9.17) is 15.0 Å². The van der Waals surface area contributed by atoms with Gasteiger partial charge >= 0.3 is 0 Å². The first kappa shape index (κ1) is 45.1. The maximum atomic E-state index is 5.20. The van der Waals surface area contributed by atoms with Crippen LogP contribution in [0.3, 0.4) is 0 Å². The van der Waals surface area contributed by atoms with Crippen molar-refractivity contribution in [3.05, 3.63) is 289 Å². The Hall–Kier alpha value is -9.51. The largest absolute Gasteiger partial charge is 0.309 e. The summed E-state index contributed by atoms with van der Waals surface area (Å²) in [5.74, 6) is 2.17. The van der Waals surface area contributed by atoms with Gasteiger partial charge in [0.2, 0.25) is 0 Å². The number of allylic oxidation sites excluding steroid dienone is 4. The normalized spacial score (nSPS) is 14.5. The van der Waals surface area contributed by atoms with Gasteiger partial charge in [0.15, 0.2) is 17.5 Å². The summed E-state index contributed by atoms with van der Waals surface area (Å²) in [7, 11) is 0. The molecule has 0 radical (unpaired) electrons. The van der Waals surface area contributed by atoms with E-state index in [1.54, 1.807) is 0 Å². The molecule has 1 aliphatic heterocycles. The second kappa shape index (κ2) is 18.5. The molecule has 0 amide bonds. The standard InChI is InChI=1S/C72H52N4/c1-72(2)64-45-54(71-74-69(51-29-17-7-18-30-51)73-70(75-71)52-31-19-8-20-32-52)34-36-67(64)76-66-35-33-53(59-39-55(47-21-9-3-10-22-47)37-56(40-59)48-23-11-4-12-24-48)43-62(66)63-44-61(46-65(72)68(63)76)60-41-57(49-25-13-5-14-26-49)38-58(42-60)50-27-15-6-16-28-50/h3-36,38-46,55H,37H2,1-2H3. The summed E-state index contributed by atoms with van der Waals surface area (Å²) in [5.41, 5.74) is 21.9. The predicted molar refractivity (Wildman–Crippen MR) is 315 cm³/mol. The smallest absolute Gasteiger partial charge is 0.164 e. The van der Waals surface area contributed by atoms with Gasteiger partial charge in [-0.05, 0) is 139 Å². The fourth-order valence-corrected chi connectivity index (χ4v) is 11.8. The van der Waals surface area contributed by atoms with Crippen molar-refractivity contribution in [2.45, 2.75) is 31.6 Å². The molecule has 4 nitrogen and oxygen atoms in total. The van der Waals surface area contributed by atoms with E-state index < -0.39 is 5.41 Å². The molecule has 0 N–H and O–H groups in total. The van der Waals surface area contributed by atoms with Crippen molar-refractivity contribution in [1.29, 1.82) is 0 Å². The number of rotatable bonds is 9. The monoisotopic (exact) mass is 972 g/mol. The van der Waals surface area contributed by atoms with Crippen molar-refractivity contribution >= 4 is 33.0 Å². The minimum atomic E-state index is -0.439. The molecule has 0 spiro atoms. The molecule has 1 atom stereocenters. The van der Waals surface area contributed by atoms with Crippen LogP contribution in [0.4, 0.5) is 0 Å². The van der Waals surface area contributed by atoms with Gasteiger partial charge in [-0.15, -0.1) is 0 Å². The number of nitrogens with zero attached hydrogens (tertiary/aromatic N) is 4. The molecule has 2 aromatic heterocycles. The van der Waals surface area contributed by atoms with Crippen LogP contribution < -0.4 is 0 Å². The molecule has 0 bridgehead atoms. The van der Waals surface area contributed by atoms with Crippen LogP contribution >= 0.6 is 0 Å². The van der Waals surface area contributed by atoms with Crippen molar-refractivity contribution < 1.29 is 0 Å². The third-order valence-corrected chi connectivity index (χ3v) is 15.7. The molecule has 4 heteroatoms. The van der Waals surface area contributed by atoms with Crippen LogP contribution in [-0.4, -0.2) is 19.5 Å². The summed E-state index contributed by atoms with van der Waals surface area (Å²) in [6.07, 6.45) is 5.86. The molecule has 0 saturated carbocycles. The maximum absolute atomic E-state index is 5.20. The average molecular weight is 973 g/mol. The van der Waals surface area contributed by atoms with Gasteiger partial charge in [0.25, 0.3) is 0 Å². The fourth-order valence-electron chi connectivity index (χ4n) is 11.8. The molecule has 2 aliphatic rings. The zero-order valence-corrected chi connectivity index (χ0v) is 42.4. The fraction of sp³-hybridized carbons (Fsp3) is 0.0694. The minimum absolute atomic E-state index is 0.239. The number of fused-ring (bicyclic) bond motifs is 5. The molecule has 0 fully saturated rings. The van der Waals surface area contributed by atoms with Gasteiger partial charge in [0.05, 0.1) is 16.7 Å². The lowest BCUT2D eigenvalue weighted by atomic mass is 9.73. The summed E-state index contributed by atoms with van der Waals surface area (Å²) in [6, 6.07) is 89.9. The highest BCUT2D eigenvalue weighted by Crippen LogP contribution is 2.51. The van der Waals surface area contributed by atoms with Gasteiger partial charge in [0, 0.05) is 38.8 Å². The lowest BCUT2D eigenvalue weighted by molar-refractivity contribution is 0.630. The third-order valence-electron chi connectivity index (χ3n) is 15.7. The van der Waals surface area contributed by atoms with Crippen molar-refractivity contribution in [2.75, 3.05) is 0 Å². The Balaban J connectivity index is 1.00. The number of aromatic nitrogens is 4. The molecular formula is C72H52N4. The van der Waals surface area contributed by atoms with Crippen LogP contribution in [0.5, 0.6) is 0 Å². The maximum Gasteiger partial charge on any atom is 0.164 e. The van der Waals surface area contributed by atoms with Crippen LogP contribution in [0.2, 0.25) is 0 Å². The lowest BCUT2D eigenvalue weighted by Gasteiger charge is -2.35. The summed E-state index contributed by atoms with van der Waals surface area (Å²) in [6.45, 7) is 4.78. The molecule has 12 aromatic rings. The molecule has 1 aliphatic carbocycles. The van der Waals surface area contributed by atoms with Gasteiger partial charge in [-0.3, -0.25) is 0 Å². The first-order valence-electron chi connectivity index (χ1n) is 26.3. The van der Waals surface area contributed by atoms with Crippen LogP contribution in [-0.2, 0) is 5.41 Å². The Bertz CT molecular complexity index is 4120. The summed E-state index contributed by atoms with van der Waals surface area (Å²) in [4.78, 5) is 15.4.